The number of anilines is 1. The number of hydrogen-bond acceptors (Lipinski definition) is 3. The van der Waals surface area contributed by atoms with Crippen LogP contribution in [0.25, 0.3) is 0 Å². The van der Waals surface area contributed by atoms with E-state index in [0.29, 0.717) is 12.6 Å². The molecule has 0 saturated heterocycles. The first kappa shape index (κ1) is 14.3. The van der Waals surface area contributed by atoms with Gasteiger partial charge in [-0.05, 0) is 43.4 Å². The van der Waals surface area contributed by atoms with Crippen molar-refractivity contribution in [2.75, 3.05) is 26.0 Å². The first-order valence-electron chi connectivity index (χ1n) is 6.88. The van der Waals surface area contributed by atoms with Gasteiger partial charge >= 0.3 is 0 Å². The minimum atomic E-state index is -0.330. The Hall–Kier alpha value is -1.13. The third-order valence-electron chi connectivity index (χ3n) is 3.91. The highest BCUT2D eigenvalue weighted by atomic mass is 19.1. The van der Waals surface area contributed by atoms with Crippen molar-refractivity contribution in [3.05, 3.63) is 29.6 Å². The van der Waals surface area contributed by atoms with Gasteiger partial charge in [-0.15, -0.1) is 0 Å². The molecule has 0 amide bonds. The zero-order valence-corrected chi connectivity index (χ0v) is 11.7. The molecule has 1 atom stereocenters. The van der Waals surface area contributed by atoms with Gasteiger partial charge in [0.05, 0.1) is 12.3 Å². The number of nitrogen functional groups attached to an aromatic ring is 1. The zero-order chi connectivity index (χ0) is 13.8. The predicted octanol–water partition coefficient (Wildman–Crippen LogP) is 2.65. The minimum Gasteiger partial charge on any atom is -0.396 e. The quantitative estimate of drug-likeness (QED) is 0.771. The van der Waals surface area contributed by atoms with Crippen LogP contribution in [0.3, 0.4) is 0 Å². The highest BCUT2D eigenvalue weighted by molar-refractivity contribution is 5.41. The Balaban J connectivity index is 2.02. The lowest BCUT2D eigenvalue weighted by Gasteiger charge is -2.29. The molecule has 1 aliphatic carbocycles. The molecule has 2 N–H and O–H groups in total. The van der Waals surface area contributed by atoms with E-state index in [0.717, 1.165) is 24.6 Å². The number of methoxy groups -OCH3 is 1. The summed E-state index contributed by atoms with van der Waals surface area (Å²) in [5.74, 6) is 0.457. The molecule has 0 aliphatic heterocycles. The van der Waals surface area contributed by atoms with E-state index >= 15 is 0 Å². The summed E-state index contributed by atoms with van der Waals surface area (Å²) in [6.45, 7) is 4.58. The van der Waals surface area contributed by atoms with Gasteiger partial charge in [0, 0.05) is 26.2 Å². The van der Waals surface area contributed by atoms with Crippen molar-refractivity contribution < 1.29 is 9.13 Å². The Labute approximate surface area is 114 Å². The van der Waals surface area contributed by atoms with E-state index in [4.69, 9.17) is 10.5 Å². The summed E-state index contributed by atoms with van der Waals surface area (Å²) in [5, 5.41) is 0. The third-order valence-corrected chi connectivity index (χ3v) is 3.91. The van der Waals surface area contributed by atoms with Crippen molar-refractivity contribution in [1.82, 2.24) is 4.90 Å². The molecule has 1 aromatic rings. The van der Waals surface area contributed by atoms with Crippen LogP contribution in [0, 0.1) is 11.7 Å². The Bertz CT molecular complexity index is 421. The van der Waals surface area contributed by atoms with Crippen LogP contribution in [0.2, 0.25) is 0 Å². The van der Waals surface area contributed by atoms with Gasteiger partial charge in [-0.2, -0.15) is 0 Å². The second-order valence-electron chi connectivity index (χ2n) is 5.40. The molecule has 0 spiro atoms. The van der Waals surface area contributed by atoms with Crippen LogP contribution in [-0.4, -0.2) is 31.2 Å². The Morgan fingerprint density at radius 3 is 2.79 bits per heavy atom. The maximum atomic E-state index is 13.5. The van der Waals surface area contributed by atoms with Crippen molar-refractivity contribution in [1.29, 1.82) is 0 Å². The number of ether oxygens (including phenoxy) is 1. The molecule has 4 heteroatoms. The first-order valence-corrected chi connectivity index (χ1v) is 6.88. The second-order valence-corrected chi connectivity index (χ2v) is 5.40. The molecule has 19 heavy (non-hydrogen) atoms. The molecule has 2 rings (SSSR count). The summed E-state index contributed by atoms with van der Waals surface area (Å²) in [5.41, 5.74) is 6.69. The van der Waals surface area contributed by atoms with Crippen LogP contribution in [0.5, 0.6) is 0 Å². The summed E-state index contributed by atoms with van der Waals surface area (Å²) in [7, 11) is 1.71. The topological polar surface area (TPSA) is 38.5 Å². The highest BCUT2D eigenvalue weighted by Gasteiger charge is 2.31. The molecule has 0 radical (unpaired) electrons. The number of halogens is 1. The van der Waals surface area contributed by atoms with Crippen molar-refractivity contribution >= 4 is 5.69 Å². The lowest BCUT2D eigenvalue weighted by atomic mass is 10.1. The van der Waals surface area contributed by atoms with Crippen LogP contribution in [0.1, 0.15) is 25.3 Å². The van der Waals surface area contributed by atoms with E-state index in [1.165, 1.54) is 18.9 Å². The SMILES string of the molecule is COCCN(Cc1ccc(N)c(F)c1)C(C)C1CC1. The fourth-order valence-corrected chi connectivity index (χ4v) is 2.42. The van der Waals surface area contributed by atoms with E-state index in [2.05, 4.69) is 11.8 Å². The van der Waals surface area contributed by atoms with Crippen LogP contribution < -0.4 is 5.73 Å². The van der Waals surface area contributed by atoms with Crippen LogP contribution in [0.4, 0.5) is 10.1 Å². The van der Waals surface area contributed by atoms with Crippen molar-refractivity contribution in [3.8, 4) is 0 Å². The van der Waals surface area contributed by atoms with Gasteiger partial charge in [0.2, 0.25) is 0 Å². The maximum Gasteiger partial charge on any atom is 0.146 e. The minimum absolute atomic E-state index is 0.211. The van der Waals surface area contributed by atoms with E-state index in [1.54, 1.807) is 13.2 Å². The molecule has 0 bridgehead atoms. The number of rotatable bonds is 7. The Morgan fingerprint density at radius 1 is 1.47 bits per heavy atom. The molecule has 0 aromatic heterocycles. The average molecular weight is 266 g/mol. The van der Waals surface area contributed by atoms with E-state index < -0.39 is 0 Å². The van der Waals surface area contributed by atoms with E-state index in [-0.39, 0.29) is 11.5 Å². The molecule has 1 aromatic carbocycles. The average Bonchev–Trinajstić information content (AvgIpc) is 3.22. The molecule has 1 aliphatic rings. The molecule has 0 heterocycles. The number of nitrogens with two attached hydrogens (primary N) is 1. The summed E-state index contributed by atoms with van der Waals surface area (Å²) >= 11 is 0. The maximum absolute atomic E-state index is 13.5. The monoisotopic (exact) mass is 266 g/mol. The van der Waals surface area contributed by atoms with Gasteiger partial charge in [0.25, 0.3) is 0 Å². The highest BCUT2D eigenvalue weighted by Crippen LogP contribution is 2.35. The van der Waals surface area contributed by atoms with Gasteiger partial charge in [-0.3, -0.25) is 4.90 Å². The number of hydrogen-bond donors (Lipinski definition) is 1. The number of nitrogens with zero attached hydrogens (tertiary/aromatic N) is 1. The van der Waals surface area contributed by atoms with Gasteiger partial charge in [0.1, 0.15) is 5.82 Å². The standard InChI is InChI=1S/C15H23FN2O/c1-11(13-4-5-13)18(7-8-19-2)10-12-3-6-15(17)14(16)9-12/h3,6,9,11,13H,4-5,7-8,10,17H2,1-2H3. The van der Waals surface area contributed by atoms with Crippen molar-refractivity contribution in [2.24, 2.45) is 5.92 Å². The first-order chi connectivity index (χ1) is 9.11. The molecule has 1 unspecified atom stereocenters. The Morgan fingerprint density at radius 2 is 2.21 bits per heavy atom. The van der Waals surface area contributed by atoms with Crippen molar-refractivity contribution in [2.45, 2.75) is 32.4 Å². The molecule has 1 fully saturated rings. The molecule has 1 saturated carbocycles. The summed E-state index contributed by atoms with van der Waals surface area (Å²) < 4.78 is 18.7. The lowest BCUT2D eigenvalue weighted by Crippen LogP contribution is -2.36. The van der Waals surface area contributed by atoms with Gasteiger partial charge in [-0.1, -0.05) is 6.07 Å². The number of benzene rings is 1. The third kappa shape index (κ3) is 3.91. The van der Waals surface area contributed by atoms with Gasteiger partial charge < -0.3 is 10.5 Å². The summed E-state index contributed by atoms with van der Waals surface area (Å²) in [4.78, 5) is 2.37. The zero-order valence-electron chi connectivity index (χ0n) is 11.7. The van der Waals surface area contributed by atoms with Crippen LogP contribution in [0.15, 0.2) is 18.2 Å². The Kier molecular flexibility index (Phi) is 4.77. The van der Waals surface area contributed by atoms with Crippen LogP contribution >= 0.6 is 0 Å². The fourth-order valence-electron chi connectivity index (χ4n) is 2.42. The molecular formula is C15H23FN2O. The lowest BCUT2D eigenvalue weighted by molar-refractivity contribution is 0.111. The van der Waals surface area contributed by atoms with E-state index in [9.17, 15) is 4.39 Å². The van der Waals surface area contributed by atoms with Gasteiger partial charge in [-0.25, -0.2) is 4.39 Å². The largest absolute Gasteiger partial charge is 0.396 e. The molecular weight excluding hydrogens is 243 g/mol. The fraction of sp³-hybridized carbons (Fsp3) is 0.600. The van der Waals surface area contributed by atoms with E-state index in [1.807, 2.05) is 6.07 Å². The summed E-state index contributed by atoms with van der Waals surface area (Å²) in [6, 6.07) is 5.60. The smallest absolute Gasteiger partial charge is 0.146 e. The molecule has 3 nitrogen and oxygen atoms in total. The summed E-state index contributed by atoms with van der Waals surface area (Å²) in [6.07, 6.45) is 2.61. The van der Waals surface area contributed by atoms with Gasteiger partial charge in [0.15, 0.2) is 0 Å². The second kappa shape index (κ2) is 6.35. The normalized spacial score (nSPS) is 16.8. The van der Waals surface area contributed by atoms with Crippen LogP contribution in [-0.2, 0) is 11.3 Å². The predicted molar refractivity (Wildman–Crippen MR) is 75.3 cm³/mol. The van der Waals surface area contributed by atoms with Crippen molar-refractivity contribution in [3.63, 3.8) is 0 Å². The molecule has 106 valence electrons.